The van der Waals surface area contributed by atoms with Gasteiger partial charge in [-0.05, 0) is 19.3 Å². The minimum absolute atomic E-state index is 0.0939. The first-order chi connectivity index (χ1) is 8.33. The van der Waals surface area contributed by atoms with Crippen LogP contribution in [0.5, 0.6) is 0 Å². The number of unbranched alkanes of at least 4 members (excludes halogenated alkanes) is 1. The molecular formula is C11H20N2O3S2. The summed E-state index contributed by atoms with van der Waals surface area (Å²) in [4.78, 5) is 13.2. The second-order valence-corrected chi connectivity index (χ2v) is 7.66. The molecule has 0 spiro atoms. The third kappa shape index (κ3) is 4.55. The van der Waals surface area contributed by atoms with Crippen molar-refractivity contribution < 1.29 is 8.42 Å². The van der Waals surface area contributed by atoms with E-state index in [1.807, 2.05) is 0 Å². The molecule has 0 aliphatic rings. The normalized spacial score (nSPS) is 12.2. The molecule has 104 valence electrons. The molecule has 1 rings (SSSR count). The van der Waals surface area contributed by atoms with E-state index < -0.39 is 10.0 Å². The van der Waals surface area contributed by atoms with Gasteiger partial charge in [-0.25, -0.2) is 13.1 Å². The standard InChI is InChI=1S/C11H20N2O3S2/c1-8(2)6-4-5-7-12-18(15,16)10-9(3)13-11(14)17-10/h8,12H,4-7H2,1-3H3,(H,13,14). The Bertz CT molecular complexity index is 529. The van der Waals surface area contributed by atoms with Gasteiger partial charge in [0.2, 0.25) is 0 Å². The van der Waals surface area contributed by atoms with Crippen LogP contribution in [0, 0.1) is 12.8 Å². The molecule has 7 heteroatoms. The third-order valence-electron chi connectivity index (χ3n) is 2.53. The van der Waals surface area contributed by atoms with E-state index in [2.05, 4.69) is 23.6 Å². The molecule has 5 nitrogen and oxygen atoms in total. The molecule has 2 N–H and O–H groups in total. The highest BCUT2D eigenvalue weighted by molar-refractivity contribution is 7.91. The fourth-order valence-corrected chi connectivity index (χ4v) is 4.01. The Morgan fingerprint density at radius 2 is 2.00 bits per heavy atom. The summed E-state index contributed by atoms with van der Waals surface area (Å²) in [5.41, 5.74) is 0.402. The monoisotopic (exact) mass is 292 g/mol. The van der Waals surface area contributed by atoms with Crippen molar-refractivity contribution in [2.75, 3.05) is 6.54 Å². The molecule has 0 fully saturated rings. The minimum atomic E-state index is -3.53. The molecule has 0 saturated heterocycles. The number of aromatic amines is 1. The first-order valence-corrected chi connectivity index (χ1v) is 8.32. The molecule has 0 radical (unpaired) electrons. The highest BCUT2D eigenvalue weighted by Gasteiger charge is 2.19. The largest absolute Gasteiger partial charge is 0.315 e. The average molecular weight is 292 g/mol. The SMILES string of the molecule is Cc1[nH]c(=O)sc1S(=O)(=O)NCCCCC(C)C. The summed E-state index contributed by atoms with van der Waals surface area (Å²) in [5, 5.41) is 0. The van der Waals surface area contributed by atoms with E-state index in [9.17, 15) is 13.2 Å². The van der Waals surface area contributed by atoms with Gasteiger partial charge in [0.1, 0.15) is 0 Å². The quantitative estimate of drug-likeness (QED) is 0.753. The number of sulfonamides is 1. The maximum atomic E-state index is 11.9. The summed E-state index contributed by atoms with van der Waals surface area (Å²) in [6.45, 7) is 6.29. The van der Waals surface area contributed by atoms with E-state index in [-0.39, 0.29) is 9.08 Å². The van der Waals surface area contributed by atoms with Crippen molar-refractivity contribution in [3.05, 3.63) is 15.4 Å². The molecule has 0 aliphatic heterocycles. The highest BCUT2D eigenvalue weighted by atomic mass is 32.2. The van der Waals surface area contributed by atoms with Crippen LogP contribution < -0.4 is 9.60 Å². The third-order valence-corrected chi connectivity index (χ3v) is 5.59. The number of aryl methyl sites for hydroxylation is 1. The maximum absolute atomic E-state index is 11.9. The predicted octanol–water partition coefficient (Wildman–Crippen LogP) is 1.85. The summed E-state index contributed by atoms with van der Waals surface area (Å²) in [7, 11) is -3.53. The van der Waals surface area contributed by atoms with E-state index >= 15 is 0 Å². The smallest absolute Gasteiger partial charge is 0.305 e. The van der Waals surface area contributed by atoms with E-state index in [0.717, 1.165) is 30.6 Å². The zero-order valence-electron chi connectivity index (χ0n) is 10.9. The highest BCUT2D eigenvalue weighted by Crippen LogP contribution is 2.15. The van der Waals surface area contributed by atoms with Crippen LogP contribution in [0.4, 0.5) is 0 Å². The van der Waals surface area contributed by atoms with Crippen molar-refractivity contribution in [2.45, 2.75) is 44.2 Å². The van der Waals surface area contributed by atoms with Crippen LogP contribution in [-0.2, 0) is 10.0 Å². The van der Waals surface area contributed by atoms with Gasteiger partial charge in [0.05, 0.1) is 0 Å². The van der Waals surface area contributed by atoms with Gasteiger partial charge < -0.3 is 4.98 Å². The lowest BCUT2D eigenvalue weighted by molar-refractivity contribution is 0.531. The molecule has 1 aromatic heterocycles. The molecule has 0 amide bonds. The van der Waals surface area contributed by atoms with Crippen LogP contribution >= 0.6 is 11.3 Å². The molecule has 1 heterocycles. The van der Waals surface area contributed by atoms with Crippen molar-refractivity contribution in [1.82, 2.24) is 9.71 Å². The number of hydrogen-bond acceptors (Lipinski definition) is 4. The Morgan fingerprint density at radius 1 is 1.33 bits per heavy atom. The minimum Gasteiger partial charge on any atom is -0.315 e. The Hall–Kier alpha value is -0.660. The topological polar surface area (TPSA) is 79.0 Å². The van der Waals surface area contributed by atoms with Crippen molar-refractivity contribution in [2.24, 2.45) is 5.92 Å². The lowest BCUT2D eigenvalue weighted by Gasteiger charge is -2.06. The van der Waals surface area contributed by atoms with Crippen LogP contribution in [-0.4, -0.2) is 19.9 Å². The number of hydrogen-bond donors (Lipinski definition) is 2. The van der Waals surface area contributed by atoms with Crippen molar-refractivity contribution in [3.63, 3.8) is 0 Å². The summed E-state index contributed by atoms with van der Waals surface area (Å²) >= 11 is 0.728. The zero-order valence-corrected chi connectivity index (χ0v) is 12.6. The molecule has 0 bridgehead atoms. The van der Waals surface area contributed by atoms with Gasteiger partial charge in [0.15, 0.2) is 4.21 Å². The fourth-order valence-electron chi connectivity index (χ4n) is 1.60. The van der Waals surface area contributed by atoms with E-state index in [1.54, 1.807) is 6.92 Å². The molecule has 0 unspecified atom stereocenters. The first kappa shape index (κ1) is 15.4. The Morgan fingerprint density at radius 3 is 2.50 bits per heavy atom. The maximum Gasteiger partial charge on any atom is 0.305 e. The van der Waals surface area contributed by atoms with Crippen molar-refractivity contribution >= 4 is 21.4 Å². The number of rotatable bonds is 7. The van der Waals surface area contributed by atoms with Gasteiger partial charge in [0, 0.05) is 12.2 Å². The average Bonchev–Trinajstić information content (AvgIpc) is 2.57. The van der Waals surface area contributed by atoms with Gasteiger partial charge in [-0.15, -0.1) is 0 Å². The van der Waals surface area contributed by atoms with Crippen LogP contribution in [0.2, 0.25) is 0 Å². The number of H-pyrrole nitrogens is 1. The molecule has 1 aromatic rings. The van der Waals surface area contributed by atoms with Crippen LogP contribution in [0.25, 0.3) is 0 Å². The Balaban J connectivity index is 2.51. The molecular weight excluding hydrogens is 272 g/mol. The van der Waals surface area contributed by atoms with Crippen molar-refractivity contribution in [3.8, 4) is 0 Å². The molecule has 0 aliphatic carbocycles. The molecule has 0 atom stereocenters. The number of thiazole rings is 1. The summed E-state index contributed by atoms with van der Waals surface area (Å²) in [5.74, 6) is 0.638. The molecule has 0 aromatic carbocycles. The van der Waals surface area contributed by atoms with Gasteiger partial charge >= 0.3 is 4.87 Å². The summed E-state index contributed by atoms with van der Waals surface area (Å²) < 4.78 is 26.4. The van der Waals surface area contributed by atoms with Crippen LogP contribution in [0.1, 0.15) is 38.8 Å². The summed E-state index contributed by atoms with van der Waals surface area (Å²) in [6, 6.07) is 0. The van der Waals surface area contributed by atoms with Gasteiger partial charge in [-0.3, -0.25) is 4.79 Å². The second-order valence-electron chi connectivity index (χ2n) is 4.71. The van der Waals surface area contributed by atoms with Gasteiger partial charge in [-0.1, -0.05) is 38.0 Å². The zero-order chi connectivity index (χ0) is 13.8. The van der Waals surface area contributed by atoms with Crippen LogP contribution in [0.3, 0.4) is 0 Å². The van der Waals surface area contributed by atoms with Crippen molar-refractivity contribution in [1.29, 1.82) is 0 Å². The lowest BCUT2D eigenvalue weighted by atomic mass is 10.1. The van der Waals surface area contributed by atoms with Crippen LogP contribution in [0.15, 0.2) is 9.00 Å². The van der Waals surface area contributed by atoms with Gasteiger partial charge in [0.25, 0.3) is 10.0 Å². The number of nitrogens with one attached hydrogen (secondary N) is 2. The molecule has 18 heavy (non-hydrogen) atoms. The summed E-state index contributed by atoms with van der Waals surface area (Å²) in [6.07, 6.45) is 2.91. The Labute approximate surface area is 112 Å². The predicted molar refractivity (Wildman–Crippen MR) is 73.6 cm³/mol. The Kier molecular flexibility index (Phi) is 5.55. The molecule has 0 saturated carbocycles. The van der Waals surface area contributed by atoms with Gasteiger partial charge in [-0.2, -0.15) is 0 Å². The first-order valence-electron chi connectivity index (χ1n) is 6.02. The van der Waals surface area contributed by atoms with E-state index in [4.69, 9.17) is 0 Å². The van der Waals surface area contributed by atoms with E-state index in [0.29, 0.717) is 18.2 Å². The fraction of sp³-hybridized carbons (Fsp3) is 0.727. The lowest BCUT2D eigenvalue weighted by Crippen LogP contribution is -2.24. The number of aromatic nitrogens is 1. The second kappa shape index (κ2) is 6.49. The van der Waals surface area contributed by atoms with E-state index in [1.165, 1.54) is 0 Å².